The molecule has 5 nitrogen and oxygen atoms in total. The molecule has 13 heavy (non-hydrogen) atoms. The molecule has 1 rings (SSSR count). The number of hydrogen-bond acceptors (Lipinski definition) is 5. The molecule has 1 aromatic rings. The van der Waals surface area contributed by atoms with Crippen LogP contribution in [0.2, 0.25) is 0 Å². The molecule has 0 radical (unpaired) electrons. The summed E-state index contributed by atoms with van der Waals surface area (Å²) < 4.78 is 4.48. The van der Waals surface area contributed by atoms with Crippen LogP contribution in [0.3, 0.4) is 0 Å². The van der Waals surface area contributed by atoms with Crippen LogP contribution >= 0.6 is 0 Å². The van der Waals surface area contributed by atoms with Crippen LogP contribution in [0.15, 0.2) is 12.1 Å². The Hall–Kier alpha value is -1.91. The Morgan fingerprint density at radius 3 is 2.08 bits per heavy atom. The lowest BCUT2D eigenvalue weighted by atomic mass is 10.3. The molecule has 0 bridgehead atoms. The molecule has 0 heterocycles. The number of esters is 1. The number of hydrogen-bond donors (Lipinski definition) is 3. The van der Waals surface area contributed by atoms with Crippen LogP contribution in [-0.4, -0.2) is 21.3 Å². The molecule has 0 fully saturated rings. The van der Waals surface area contributed by atoms with Gasteiger partial charge in [0, 0.05) is 19.1 Å². The zero-order valence-corrected chi connectivity index (χ0v) is 6.81. The molecule has 0 aliphatic rings. The lowest BCUT2D eigenvalue weighted by Gasteiger charge is -2.06. The third-order valence-electron chi connectivity index (χ3n) is 1.28. The minimum atomic E-state index is -0.670. The van der Waals surface area contributed by atoms with E-state index in [0.29, 0.717) is 0 Å². The number of benzene rings is 1. The predicted octanol–water partition coefficient (Wildman–Crippen LogP) is 0.729. The van der Waals surface area contributed by atoms with Crippen LogP contribution in [-0.2, 0) is 4.79 Å². The molecule has 0 spiro atoms. The molecular formula is C8H8O5. The van der Waals surface area contributed by atoms with Crippen molar-refractivity contribution in [2.75, 3.05) is 0 Å². The first-order valence-electron chi connectivity index (χ1n) is 3.44. The molecule has 0 saturated heterocycles. The van der Waals surface area contributed by atoms with Gasteiger partial charge < -0.3 is 20.1 Å². The Kier molecular flexibility index (Phi) is 2.27. The fourth-order valence-electron chi connectivity index (χ4n) is 0.832. The maximum atomic E-state index is 10.5. The first-order chi connectivity index (χ1) is 6.00. The molecule has 3 N–H and O–H groups in total. The predicted molar refractivity (Wildman–Crippen MR) is 42.7 cm³/mol. The Morgan fingerprint density at radius 2 is 1.69 bits per heavy atom. The Bertz CT molecular complexity index is 321. The quantitative estimate of drug-likeness (QED) is 0.442. The van der Waals surface area contributed by atoms with Crippen LogP contribution in [0, 0.1) is 0 Å². The summed E-state index contributed by atoms with van der Waals surface area (Å²) in [6.45, 7) is 1.13. The third kappa shape index (κ3) is 2.02. The highest BCUT2D eigenvalue weighted by Crippen LogP contribution is 2.39. The van der Waals surface area contributed by atoms with E-state index < -0.39 is 17.5 Å². The summed E-state index contributed by atoms with van der Waals surface area (Å²) in [6, 6.07) is 1.91. The summed E-state index contributed by atoms with van der Waals surface area (Å²) in [5.74, 6) is -2.33. The first kappa shape index (κ1) is 9.18. The summed E-state index contributed by atoms with van der Waals surface area (Å²) in [5.41, 5.74) is 0. The molecule has 0 aliphatic heterocycles. The lowest BCUT2D eigenvalue weighted by molar-refractivity contribution is -0.132. The minimum Gasteiger partial charge on any atom is -0.508 e. The average Bonchev–Trinajstić information content (AvgIpc) is 1.96. The average molecular weight is 184 g/mol. The second kappa shape index (κ2) is 3.22. The number of phenols is 3. The van der Waals surface area contributed by atoms with Gasteiger partial charge in [-0.05, 0) is 0 Å². The van der Waals surface area contributed by atoms with E-state index >= 15 is 0 Å². The van der Waals surface area contributed by atoms with Crippen LogP contribution in [0.1, 0.15) is 6.92 Å². The van der Waals surface area contributed by atoms with Crippen molar-refractivity contribution < 1.29 is 24.9 Å². The lowest BCUT2D eigenvalue weighted by Crippen LogP contribution is -2.01. The Balaban J connectivity index is 3.13. The van der Waals surface area contributed by atoms with Gasteiger partial charge in [0.05, 0.1) is 0 Å². The van der Waals surface area contributed by atoms with Gasteiger partial charge >= 0.3 is 5.97 Å². The molecule has 0 amide bonds. The van der Waals surface area contributed by atoms with Gasteiger partial charge in [-0.1, -0.05) is 0 Å². The van der Waals surface area contributed by atoms with Crippen molar-refractivity contribution in [2.45, 2.75) is 6.92 Å². The molecule has 5 heteroatoms. The molecule has 0 atom stereocenters. The summed E-state index contributed by atoms with van der Waals surface area (Å²) in [4.78, 5) is 10.5. The van der Waals surface area contributed by atoms with Crippen molar-refractivity contribution in [1.82, 2.24) is 0 Å². The molecule has 70 valence electrons. The number of aromatic hydroxyl groups is 3. The summed E-state index contributed by atoms with van der Waals surface area (Å²) in [6.07, 6.45) is 0. The Labute approximate surface area is 73.8 Å². The summed E-state index contributed by atoms with van der Waals surface area (Å²) in [5, 5.41) is 27.1. The van der Waals surface area contributed by atoms with Crippen molar-refractivity contribution in [3.63, 3.8) is 0 Å². The molecule has 0 unspecified atom stereocenters. The van der Waals surface area contributed by atoms with E-state index in [0.717, 1.165) is 19.1 Å². The first-order valence-corrected chi connectivity index (χ1v) is 3.44. The highest BCUT2D eigenvalue weighted by Gasteiger charge is 2.12. The van der Waals surface area contributed by atoms with Gasteiger partial charge in [-0.15, -0.1) is 0 Å². The third-order valence-corrected chi connectivity index (χ3v) is 1.28. The second-order valence-electron chi connectivity index (χ2n) is 2.41. The van der Waals surface area contributed by atoms with Crippen molar-refractivity contribution >= 4 is 5.97 Å². The number of rotatable bonds is 1. The van der Waals surface area contributed by atoms with Crippen molar-refractivity contribution in [1.29, 1.82) is 0 Å². The zero-order chi connectivity index (χ0) is 10.0. The highest BCUT2D eigenvalue weighted by atomic mass is 16.5. The minimum absolute atomic E-state index is 0.314. The van der Waals surface area contributed by atoms with Crippen LogP contribution in [0.4, 0.5) is 0 Å². The molecular weight excluding hydrogens is 176 g/mol. The van der Waals surface area contributed by atoms with E-state index in [-0.39, 0.29) is 11.5 Å². The Morgan fingerprint density at radius 1 is 1.23 bits per heavy atom. The maximum Gasteiger partial charge on any atom is 0.308 e. The number of ether oxygens (including phenoxy) is 1. The fourth-order valence-corrected chi connectivity index (χ4v) is 0.832. The monoisotopic (exact) mass is 184 g/mol. The van der Waals surface area contributed by atoms with Crippen molar-refractivity contribution in [2.24, 2.45) is 0 Å². The van der Waals surface area contributed by atoms with Crippen molar-refractivity contribution in [3.05, 3.63) is 12.1 Å². The van der Waals surface area contributed by atoms with E-state index in [9.17, 15) is 4.79 Å². The zero-order valence-electron chi connectivity index (χ0n) is 6.81. The number of phenolic OH excluding ortho intramolecular Hbond substituents is 3. The van der Waals surface area contributed by atoms with Gasteiger partial charge in [-0.3, -0.25) is 4.79 Å². The van der Waals surface area contributed by atoms with Gasteiger partial charge in [0.1, 0.15) is 5.75 Å². The number of carbonyl (C=O) groups is 1. The van der Waals surface area contributed by atoms with Crippen molar-refractivity contribution in [3.8, 4) is 23.0 Å². The van der Waals surface area contributed by atoms with Gasteiger partial charge in [-0.25, -0.2) is 0 Å². The van der Waals surface area contributed by atoms with Gasteiger partial charge in [0.25, 0.3) is 0 Å². The normalized spacial score (nSPS) is 9.62. The van der Waals surface area contributed by atoms with Crippen LogP contribution in [0.25, 0.3) is 0 Å². The van der Waals surface area contributed by atoms with Crippen LogP contribution < -0.4 is 4.74 Å². The number of carbonyl (C=O) groups excluding carboxylic acids is 1. The van der Waals surface area contributed by atoms with Gasteiger partial charge in [0.2, 0.25) is 5.75 Å². The largest absolute Gasteiger partial charge is 0.508 e. The maximum absolute atomic E-state index is 10.5. The molecule has 1 aromatic carbocycles. The van der Waals surface area contributed by atoms with E-state index in [1.54, 1.807) is 0 Å². The summed E-state index contributed by atoms with van der Waals surface area (Å²) in [7, 11) is 0. The topological polar surface area (TPSA) is 87.0 Å². The highest BCUT2D eigenvalue weighted by molar-refractivity contribution is 5.72. The van der Waals surface area contributed by atoms with E-state index in [2.05, 4.69) is 4.74 Å². The van der Waals surface area contributed by atoms with E-state index in [1.165, 1.54) is 0 Å². The molecule has 0 saturated carbocycles. The van der Waals surface area contributed by atoms with E-state index in [1.807, 2.05) is 0 Å². The van der Waals surface area contributed by atoms with Crippen LogP contribution in [0.5, 0.6) is 23.0 Å². The molecule has 0 aromatic heterocycles. The smallest absolute Gasteiger partial charge is 0.308 e. The van der Waals surface area contributed by atoms with Gasteiger partial charge in [0.15, 0.2) is 11.5 Å². The fraction of sp³-hybridized carbons (Fsp3) is 0.125. The molecule has 0 aliphatic carbocycles. The van der Waals surface area contributed by atoms with Gasteiger partial charge in [-0.2, -0.15) is 0 Å². The van der Waals surface area contributed by atoms with E-state index in [4.69, 9.17) is 15.3 Å². The SMILES string of the molecule is CC(=O)Oc1c(O)cc(O)cc1O. The summed E-state index contributed by atoms with van der Waals surface area (Å²) >= 11 is 0. The standard InChI is InChI=1S/C8H8O5/c1-4(9)13-8-6(11)2-5(10)3-7(8)12/h2-3,10-12H,1H3. The second-order valence-corrected chi connectivity index (χ2v) is 2.41.